The lowest BCUT2D eigenvalue weighted by Gasteiger charge is -2.01. The lowest BCUT2D eigenvalue weighted by atomic mass is 10.1. The van der Waals surface area contributed by atoms with Crippen molar-refractivity contribution in [1.82, 2.24) is 4.98 Å². The van der Waals surface area contributed by atoms with Crippen molar-refractivity contribution in [3.63, 3.8) is 0 Å². The van der Waals surface area contributed by atoms with Gasteiger partial charge >= 0.3 is 0 Å². The Labute approximate surface area is 87.4 Å². The standard InChI is InChI=1S/C11H12N2S/c1-2-10-11(13-7-14-10)8-4-3-5-9(12)6-8/h3-7H,2,12H2,1H3. The van der Waals surface area contributed by atoms with Crippen LogP contribution in [0.25, 0.3) is 11.3 Å². The number of rotatable bonds is 2. The number of hydrogen-bond donors (Lipinski definition) is 1. The predicted octanol–water partition coefficient (Wildman–Crippen LogP) is 2.95. The van der Waals surface area contributed by atoms with Gasteiger partial charge in [-0.3, -0.25) is 0 Å². The van der Waals surface area contributed by atoms with Crippen LogP contribution < -0.4 is 5.73 Å². The molecule has 0 aliphatic heterocycles. The Morgan fingerprint density at radius 1 is 1.43 bits per heavy atom. The molecule has 0 aliphatic carbocycles. The fraction of sp³-hybridized carbons (Fsp3) is 0.182. The first kappa shape index (κ1) is 9.21. The zero-order chi connectivity index (χ0) is 9.97. The third-order valence-corrected chi connectivity index (χ3v) is 3.10. The van der Waals surface area contributed by atoms with Gasteiger partial charge in [-0.2, -0.15) is 0 Å². The normalized spacial score (nSPS) is 10.4. The van der Waals surface area contributed by atoms with Crippen molar-refractivity contribution in [2.75, 3.05) is 5.73 Å². The lowest BCUT2D eigenvalue weighted by molar-refractivity contribution is 1.17. The van der Waals surface area contributed by atoms with Crippen molar-refractivity contribution < 1.29 is 0 Å². The number of aromatic nitrogens is 1. The van der Waals surface area contributed by atoms with Gasteiger partial charge in [-0.25, -0.2) is 4.98 Å². The van der Waals surface area contributed by atoms with Gasteiger partial charge in [-0.05, 0) is 18.6 Å². The van der Waals surface area contributed by atoms with Crippen molar-refractivity contribution in [3.05, 3.63) is 34.7 Å². The van der Waals surface area contributed by atoms with Crippen molar-refractivity contribution in [2.45, 2.75) is 13.3 Å². The molecule has 2 aromatic rings. The van der Waals surface area contributed by atoms with E-state index in [1.54, 1.807) is 11.3 Å². The molecule has 2 rings (SSSR count). The SMILES string of the molecule is CCc1scnc1-c1cccc(N)c1. The highest BCUT2D eigenvalue weighted by Gasteiger charge is 2.06. The zero-order valence-electron chi connectivity index (χ0n) is 8.03. The second-order valence-electron chi connectivity index (χ2n) is 3.10. The molecular formula is C11H12N2S. The summed E-state index contributed by atoms with van der Waals surface area (Å²) in [6.45, 7) is 2.14. The summed E-state index contributed by atoms with van der Waals surface area (Å²) in [5, 5.41) is 0. The maximum atomic E-state index is 5.73. The third-order valence-electron chi connectivity index (χ3n) is 2.12. The molecule has 1 aromatic carbocycles. The fourth-order valence-corrected chi connectivity index (χ4v) is 2.18. The van der Waals surface area contributed by atoms with Crippen molar-refractivity contribution in [1.29, 1.82) is 0 Å². The number of aryl methyl sites for hydroxylation is 1. The van der Waals surface area contributed by atoms with E-state index in [1.807, 2.05) is 29.8 Å². The topological polar surface area (TPSA) is 38.9 Å². The van der Waals surface area contributed by atoms with Gasteiger partial charge in [-0.15, -0.1) is 11.3 Å². The summed E-state index contributed by atoms with van der Waals surface area (Å²) in [7, 11) is 0. The third kappa shape index (κ3) is 1.63. The molecule has 3 heteroatoms. The molecule has 0 saturated heterocycles. The Morgan fingerprint density at radius 3 is 3.00 bits per heavy atom. The first-order valence-corrected chi connectivity index (χ1v) is 5.47. The largest absolute Gasteiger partial charge is 0.399 e. The fourth-order valence-electron chi connectivity index (χ4n) is 1.44. The molecule has 0 saturated carbocycles. The number of anilines is 1. The zero-order valence-corrected chi connectivity index (χ0v) is 8.84. The van der Waals surface area contributed by atoms with Crippen molar-refractivity contribution in [3.8, 4) is 11.3 Å². The van der Waals surface area contributed by atoms with E-state index in [0.29, 0.717) is 0 Å². The minimum atomic E-state index is 0.789. The van der Waals surface area contributed by atoms with E-state index in [4.69, 9.17) is 5.73 Å². The summed E-state index contributed by atoms with van der Waals surface area (Å²) in [5.41, 5.74) is 10.6. The van der Waals surface area contributed by atoms with Gasteiger partial charge in [0, 0.05) is 16.1 Å². The van der Waals surface area contributed by atoms with E-state index < -0.39 is 0 Å². The molecule has 1 heterocycles. The van der Waals surface area contributed by atoms with Gasteiger partial charge in [0.25, 0.3) is 0 Å². The summed E-state index contributed by atoms with van der Waals surface area (Å²) >= 11 is 1.70. The molecule has 0 radical (unpaired) electrons. The first-order chi connectivity index (χ1) is 6.81. The van der Waals surface area contributed by atoms with Crippen LogP contribution in [0.1, 0.15) is 11.8 Å². The number of nitrogens with zero attached hydrogens (tertiary/aromatic N) is 1. The average molecular weight is 204 g/mol. The smallest absolute Gasteiger partial charge is 0.0843 e. The number of thiazole rings is 1. The van der Waals surface area contributed by atoms with Gasteiger partial charge in [0.2, 0.25) is 0 Å². The van der Waals surface area contributed by atoms with E-state index in [2.05, 4.69) is 11.9 Å². The van der Waals surface area contributed by atoms with E-state index in [-0.39, 0.29) is 0 Å². The maximum absolute atomic E-state index is 5.73. The van der Waals surface area contributed by atoms with Crippen LogP contribution in [-0.2, 0) is 6.42 Å². The monoisotopic (exact) mass is 204 g/mol. The number of benzene rings is 1. The highest BCUT2D eigenvalue weighted by atomic mass is 32.1. The summed E-state index contributed by atoms with van der Waals surface area (Å²) in [6.07, 6.45) is 1.02. The van der Waals surface area contributed by atoms with Crippen LogP contribution in [0.5, 0.6) is 0 Å². The number of nitrogen functional groups attached to an aromatic ring is 1. The van der Waals surface area contributed by atoms with Crippen LogP contribution in [0.15, 0.2) is 29.8 Å². The Balaban J connectivity index is 2.49. The maximum Gasteiger partial charge on any atom is 0.0843 e. The van der Waals surface area contributed by atoms with E-state index in [1.165, 1.54) is 4.88 Å². The summed E-state index contributed by atoms with van der Waals surface area (Å²) in [4.78, 5) is 5.68. The molecule has 0 spiro atoms. The van der Waals surface area contributed by atoms with E-state index in [0.717, 1.165) is 23.4 Å². The highest BCUT2D eigenvalue weighted by molar-refractivity contribution is 7.10. The van der Waals surface area contributed by atoms with Crippen LogP contribution in [-0.4, -0.2) is 4.98 Å². The van der Waals surface area contributed by atoms with Gasteiger partial charge < -0.3 is 5.73 Å². The minimum absolute atomic E-state index is 0.789. The van der Waals surface area contributed by atoms with Gasteiger partial charge in [0.1, 0.15) is 0 Å². The molecule has 2 nitrogen and oxygen atoms in total. The Bertz CT molecular complexity index is 434. The number of nitrogens with two attached hydrogens (primary N) is 1. The molecule has 0 unspecified atom stereocenters. The summed E-state index contributed by atoms with van der Waals surface area (Å²) < 4.78 is 0. The summed E-state index contributed by atoms with van der Waals surface area (Å²) in [6, 6.07) is 7.86. The van der Waals surface area contributed by atoms with Crippen LogP contribution in [0, 0.1) is 0 Å². The van der Waals surface area contributed by atoms with Crippen LogP contribution in [0.4, 0.5) is 5.69 Å². The van der Waals surface area contributed by atoms with E-state index in [9.17, 15) is 0 Å². The van der Waals surface area contributed by atoms with Crippen molar-refractivity contribution in [2.24, 2.45) is 0 Å². The lowest BCUT2D eigenvalue weighted by Crippen LogP contribution is -1.87. The molecule has 0 aliphatic rings. The molecule has 0 atom stereocenters. The summed E-state index contributed by atoms with van der Waals surface area (Å²) in [5.74, 6) is 0. The van der Waals surface area contributed by atoms with E-state index >= 15 is 0 Å². The first-order valence-electron chi connectivity index (χ1n) is 4.59. The molecule has 0 bridgehead atoms. The second-order valence-corrected chi connectivity index (χ2v) is 4.04. The molecule has 14 heavy (non-hydrogen) atoms. The Hall–Kier alpha value is -1.35. The average Bonchev–Trinajstić information content (AvgIpc) is 2.65. The van der Waals surface area contributed by atoms with Crippen molar-refractivity contribution >= 4 is 17.0 Å². The van der Waals surface area contributed by atoms with Gasteiger partial charge in [0.15, 0.2) is 0 Å². The molecule has 2 N–H and O–H groups in total. The van der Waals surface area contributed by atoms with Crippen LogP contribution in [0.3, 0.4) is 0 Å². The van der Waals surface area contributed by atoms with Gasteiger partial charge in [-0.1, -0.05) is 19.1 Å². The quantitative estimate of drug-likeness (QED) is 0.764. The Morgan fingerprint density at radius 2 is 2.29 bits per heavy atom. The van der Waals surface area contributed by atoms with Crippen LogP contribution in [0.2, 0.25) is 0 Å². The second kappa shape index (κ2) is 3.80. The van der Waals surface area contributed by atoms with Crippen LogP contribution >= 0.6 is 11.3 Å². The minimum Gasteiger partial charge on any atom is -0.399 e. The Kier molecular flexibility index (Phi) is 2.50. The molecule has 72 valence electrons. The number of hydrogen-bond acceptors (Lipinski definition) is 3. The molecule has 0 fully saturated rings. The molecule has 1 aromatic heterocycles. The highest BCUT2D eigenvalue weighted by Crippen LogP contribution is 2.26. The van der Waals surface area contributed by atoms with Gasteiger partial charge in [0.05, 0.1) is 11.2 Å². The predicted molar refractivity (Wildman–Crippen MR) is 61.3 cm³/mol. The molecule has 0 amide bonds. The molecular weight excluding hydrogens is 192 g/mol.